The van der Waals surface area contributed by atoms with E-state index in [9.17, 15) is 4.79 Å². The van der Waals surface area contributed by atoms with Gasteiger partial charge >= 0.3 is 0 Å². The van der Waals surface area contributed by atoms with E-state index in [0.717, 1.165) is 31.5 Å². The topological polar surface area (TPSA) is 54.3 Å². The molecule has 7 heteroatoms. The predicted molar refractivity (Wildman–Crippen MR) is 97.5 cm³/mol. The zero-order chi connectivity index (χ0) is 17.8. The van der Waals surface area contributed by atoms with Crippen molar-refractivity contribution in [1.82, 2.24) is 24.6 Å². The van der Waals surface area contributed by atoms with Crippen molar-refractivity contribution in [2.75, 3.05) is 20.1 Å². The molecule has 0 unspecified atom stereocenters. The van der Waals surface area contributed by atoms with Crippen LogP contribution in [0.2, 0.25) is 5.02 Å². The van der Waals surface area contributed by atoms with E-state index in [1.54, 1.807) is 17.1 Å². The second-order valence-electron chi connectivity index (χ2n) is 6.51. The molecule has 0 spiro atoms. The number of rotatable bonds is 5. The number of carbonyl (C=O) groups is 1. The van der Waals surface area contributed by atoms with Crippen LogP contribution in [0.1, 0.15) is 35.8 Å². The average Bonchev–Trinajstić information content (AvgIpc) is 3.02. The first-order chi connectivity index (χ1) is 12.1. The number of aromatic nitrogens is 3. The fraction of sp³-hybridized carbons (Fsp3) is 0.500. The molecule has 1 aliphatic rings. The van der Waals surface area contributed by atoms with Crippen LogP contribution in [0.3, 0.4) is 0 Å². The average molecular weight is 362 g/mol. The molecule has 3 rings (SSSR count). The number of amides is 1. The molecule has 3 heterocycles. The number of halogens is 1. The van der Waals surface area contributed by atoms with Crippen LogP contribution >= 0.6 is 11.6 Å². The van der Waals surface area contributed by atoms with Crippen LogP contribution in [0.5, 0.6) is 0 Å². The second kappa shape index (κ2) is 7.97. The summed E-state index contributed by atoms with van der Waals surface area (Å²) < 4.78 is 1.70. The lowest BCUT2D eigenvalue weighted by molar-refractivity contribution is 0.0562. The van der Waals surface area contributed by atoms with Gasteiger partial charge in [-0.25, -0.2) is 0 Å². The summed E-state index contributed by atoms with van der Waals surface area (Å²) in [4.78, 5) is 21.6. The van der Waals surface area contributed by atoms with E-state index in [-0.39, 0.29) is 11.9 Å². The molecule has 0 radical (unpaired) electrons. The van der Waals surface area contributed by atoms with Crippen molar-refractivity contribution in [1.29, 1.82) is 0 Å². The van der Waals surface area contributed by atoms with Crippen LogP contribution in [0.4, 0.5) is 0 Å². The summed E-state index contributed by atoms with van der Waals surface area (Å²) in [7, 11) is 2.11. The Morgan fingerprint density at radius 1 is 1.40 bits per heavy atom. The van der Waals surface area contributed by atoms with E-state index in [0.29, 0.717) is 23.8 Å². The molecule has 6 nitrogen and oxygen atoms in total. The smallest absolute Gasteiger partial charge is 0.276 e. The van der Waals surface area contributed by atoms with E-state index in [1.165, 1.54) is 0 Å². The van der Waals surface area contributed by atoms with E-state index >= 15 is 0 Å². The highest BCUT2D eigenvalue weighted by Crippen LogP contribution is 2.23. The van der Waals surface area contributed by atoms with Gasteiger partial charge in [0.1, 0.15) is 0 Å². The van der Waals surface area contributed by atoms with Gasteiger partial charge in [-0.15, -0.1) is 0 Å². The summed E-state index contributed by atoms with van der Waals surface area (Å²) >= 11 is 6.28. The van der Waals surface area contributed by atoms with Gasteiger partial charge in [-0.05, 0) is 51.5 Å². The molecule has 0 aliphatic carbocycles. The Morgan fingerprint density at radius 3 is 2.76 bits per heavy atom. The lowest BCUT2D eigenvalue weighted by Gasteiger charge is -2.37. The SMILES string of the molecule is CCn1cc(Cl)c(C(=O)N(Cc2cccnc2)C2CCN(C)CC2)n1. The summed E-state index contributed by atoms with van der Waals surface area (Å²) in [5.41, 5.74) is 1.35. The molecular formula is C18H24ClN5O. The van der Waals surface area contributed by atoms with Crippen molar-refractivity contribution in [3.8, 4) is 0 Å². The summed E-state index contributed by atoms with van der Waals surface area (Å²) in [5, 5.41) is 4.78. The molecule has 1 fully saturated rings. The normalized spacial score (nSPS) is 16.1. The molecule has 2 aromatic rings. The van der Waals surface area contributed by atoms with Gasteiger partial charge in [-0.1, -0.05) is 17.7 Å². The maximum Gasteiger partial charge on any atom is 0.276 e. The van der Waals surface area contributed by atoms with Crippen LogP contribution in [-0.2, 0) is 13.1 Å². The number of likely N-dealkylation sites (tertiary alicyclic amines) is 1. The van der Waals surface area contributed by atoms with E-state index < -0.39 is 0 Å². The molecule has 0 saturated carbocycles. The molecule has 1 amide bonds. The zero-order valence-corrected chi connectivity index (χ0v) is 15.5. The Morgan fingerprint density at radius 2 is 2.16 bits per heavy atom. The first kappa shape index (κ1) is 17.9. The summed E-state index contributed by atoms with van der Waals surface area (Å²) in [6.45, 7) is 5.15. The number of piperidine rings is 1. The summed E-state index contributed by atoms with van der Waals surface area (Å²) in [5.74, 6) is -0.101. The van der Waals surface area contributed by atoms with Gasteiger partial charge in [0.15, 0.2) is 5.69 Å². The third-order valence-electron chi connectivity index (χ3n) is 4.71. The van der Waals surface area contributed by atoms with Crippen LogP contribution < -0.4 is 0 Å². The standard InChI is InChI=1S/C18H24ClN5O/c1-3-23-13-16(19)17(21-23)18(25)24(12-14-5-4-8-20-11-14)15-6-9-22(2)10-7-15/h4-5,8,11,13,15H,3,6-7,9-10,12H2,1-2H3. The number of aryl methyl sites for hydroxylation is 1. The van der Waals surface area contributed by atoms with Gasteiger partial charge in [0.05, 0.1) is 5.02 Å². The quantitative estimate of drug-likeness (QED) is 0.821. The zero-order valence-electron chi connectivity index (χ0n) is 14.7. The van der Waals surface area contributed by atoms with Crippen LogP contribution in [0.15, 0.2) is 30.7 Å². The molecule has 0 aromatic carbocycles. The Hall–Kier alpha value is -1.92. The number of carbonyl (C=O) groups excluding carboxylic acids is 1. The lowest BCUT2D eigenvalue weighted by Crippen LogP contribution is -2.46. The van der Waals surface area contributed by atoms with Crippen LogP contribution in [0, 0.1) is 0 Å². The van der Waals surface area contributed by atoms with Gasteiger partial charge in [0, 0.05) is 37.7 Å². The third kappa shape index (κ3) is 4.19. The minimum absolute atomic E-state index is 0.101. The Labute approximate surface area is 153 Å². The van der Waals surface area contributed by atoms with Gasteiger partial charge < -0.3 is 9.80 Å². The Kier molecular flexibility index (Phi) is 5.71. The minimum Gasteiger partial charge on any atom is -0.330 e. The van der Waals surface area contributed by atoms with Crippen LogP contribution in [-0.4, -0.2) is 56.7 Å². The summed E-state index contributed by atoms with van der Waals surface area (Å²) in [6.07, 6.45) is 7.17. The number of hydrogen-bond acceptors (Lipinski definition) is 4. The van der Waals surface area contributed by atoms with Crippen molar-refractivity contribution < 1.29 is 4.79 Å². The minimum atomic E-state index is -0.101. The van der Waals surface area contributed by atoms with Crippen molar-refractivity contribution >= 4 is 17.5 Å². The maximum absolute atomic E-state index is 13.2. The Balaban J connectivity index is 1.86. The highest BCUT2D eigenvalue weighted by Gasteiger charge is 2.30. The second-order valence-corrected chi connectivity index (χ2v) is 6.92. The maximum atomic E-state index is 13.2. The molecule has 1 aliphatic heterocycles. The van der Waals surface area contributed by atoms with Crippen molar-refractivity contribution in [2.45, 2.75) is 38.9 Å². The number of pyridine rings is 1. The molecule has 0 atom stereocenters. The van der Waals surface area contributed by atoms with E-state index in [1.807, 2.05) is 30.2 Å². The molecule has 0 N–H and O–H groups in total. The number of hydrogen-bond donors (Lipinski definition) is 0. The third-order valence-corrected chi connectivity index (χ3v) is 4.99. The molecule has 0 bridgehead atoms. The largest absolute Gasteiger partial charge is 0.330 e. The molecule has 2 aromatic heterocycles. The number of nitrogens with zero attached hydrogens (tertiary/aromatic N) is 5. The fourth-order valence-electron chi connectivity index (χ4n) is 3.20. The first-order valence-corrected chi connectivity index (χ1v) is 9.07. The highest BCUT2D eigenvalue weighted by atomic mass is 35.5. The fourth-order valence-corrected chi connectivity index (χ4v) is 3.43. The van der Waals surface area contributed by atoms with Gasteiger partial charge in [-0.3, -0.25) is 14.5 Å². The first-order valence-electron chi connectivity index (χ1n) is 8.70. The lowest BCUT2D eigenvalue weighted by atomic mass is 10.0. The molecular weight excluding hydrogens is 338 g/mol. The molecule has 25 heavy (non-hydrogen) atoms. The van der Waals surface area contributed by atoms with Crippen molar-refractivity contribution in [3.63, 3.8) is 0 Å². The highest BCUT2D eigenvalue weighted by molar-refractivity contribution is 6.33. The van der Waals surface area contributed by atoms with E-state index in [2.05, 4.69) is 22.0 Å². The molecule has 134 valence electrons. The van der Waals surface area contributed by atoms with Gasteiger partial charge in [0.25, 0.3) is 5.91 Å². The summed E-state index contributed by atoms with van der Waals surface area (Å²) in [6, 6.07) is 4.08. The van der Waals surface area contributed by atoms with Crippen molar-refractivity contribution in [3.05, 3.63) is 47.0 Å². The predicted octanol–water partition coefficient (Wildman–Crippen LogP) is 2.69. The van der Waals surface area contributed by atoms with Gasteiger partial charge in [-0.2, -0.15) is 5.10 Å². The van der Waals surface area contributed by atoms with Crippen LogP contribution in [0.25, 0.3) is 0 Å². The molecule has 1 saturated heterocycles. The van der Waals surface area contributed by atoms with Crippen molar-refractivity contribution in [2.24, 2.45) is 0 Å². The van der Waals surface area contributed by atoms with Gasteiger partial charge in [0.2, 0.25) is 0 Å². The van der Waals surface area contributed by atoms with E-state index in [4.69, 9.17) is 11.6 Å². The Bertz CT molecular complexity index is 710. The monoisotopic (exact) mass is 361 g/mol.